The number of benzene rings is 1. The number of hydrogen-bond donors (Lipinski definition) is 1. The highest BCUT2D eigenvalue weighted by atomic mass is 16.5. The van der Waals surface area contributed by atoms with Crippen LogP contribution in [0.4, 0.5) is 5.82 Å². The van der Waals surface area contributed by atoms with Crippen LogP contribution in [0.1, 0.15) is 44.9 Å². The fourth-order valence-electron chi connectivity index (χ4n) is 3.00. The lowest BCUT2D eigenvalue weighted by molar-refractivity contribution is 0.0699. The van der Waals surface area contributed by atoms with Gasteiger partial charge in [0.05, 0.1) is 12.2 Å². The number of anilines is 1. The third-order valence-corrected chi connectivity index (χ3v) is 4.64. The molecule has 2 heterocycles. The Labute approximate surface area is 145 Å². The number of ether oxygens (including phenoxy) is 1. The SMILES string of the molecule is CC(C)(C)c1cc(NCC2CCOCC2)n(Cc2ccccc2)n1. The van der Waals surface area contributed by atoms with Gasteiger partial charge in [0.15, 0.2) is 0 Å². The molecule has 1 fully saturated rings. The van der Waals surface area contributed by atoms with Gasteiger partial charge in [0.25, 0.3) is 0 Å². The van der Waals surface area contributed by atoms with Crippen LogP contribution in [0.3, 0.4) is 0 Å². The molecule has 1 aromatic heterocycles. The number of hydrogen-bond acceptors (Lipinski definition) is 3. The number of nitrogens with zero attached hydrogens (tertiary/aromatic N) is 2. The van der Waals surface area contributed by atoms with Crippen LogP contribution < -0.4 is 5.32 Å². The lowest BCUT2D eigenvalue weighted by Gasteiger charge is -2.22. The Morgan fingerprint density at radius 3 is 2.54 bits per heavy atom. The number of rotatable bonds is 5. The van der Waals surface area contributed by atoms with E-state index < -0.39 is 0 Å². The predicted molar refractivity (Wildman–Crippen MR) is 98.5 cm³/mol. The second-order valence-electron chi connectivity index (χ2n) is 7.74. The Morgan fingerprint density at radius 1 is 1.17 bits per heavy atom. The Hall–Kier alpha value is -1.81. The smallest absolute Gasteiger partial charge is 0.124 e. The summed E-state index contributed by atoms with van der Waals surface area (Å²) in [5.41, 5.74) is 2.46. The predicted octanol–water partition coefficient (Wildman–Crippen LogP) is 4.07. The van der Waals surface area contributed by atoms with Crippen molar-refractivity contribution in [2.45, 2.75) is 45.6 Å². The zero-order chi connectivity index (χ0) is 17.0. The summed E-state index contributed by atoms with van der Waals surface area (Å²) in [5.74, 6) is 1.81. The summed E-state index contributed by atoms with van der Waals surface area (Å²) < 4.78 is 7.56. The lowest BCUT2D eigenvalue weighted by Crippen LogP contribution is -2.23. The van der Waals surface area contributed by atoms with Gasteiger partial charge in [-0.1, -0.05) is 51.1 Å². The first-order chi connectivity index (χ1) is 11.5. The van der Waals surface area contributed by atoms with Crippen LogP contribution in [-0.4, -0.2) is 29.5 Å². The van der Waals surface area contributed by atoms with E-state index in [1.807, 2.05) is 0 Å². The van der Waals surface area contributed by atoms with Crippen LogP contribution in [0.15, 0.2) is 36.4 Å². The van der Waals surface area contributed by atoms with Crippen LogP contribution >= 0.6 is 0 Å². The van der Waals surface area contributed by atoms with Crippen LogP contribution in [0.5, 0.6) is 0 Å². The maximum absolute atomic E-state index is 5.46. The molecule has 1 N–H and O–H groups in total. The van der Waals surface area contributed by atoms with E-state index in [9.17, 15) is 0 Å². The van der Waals surface area contributed by atoms with Crippen LogP contribution in [-0.2, 0) is 16.7 Å². The molecular weight excluding hydrogens is 298 g/mol. The molecule has 0 amide bonds. The van der Waals surface area contributed by atoms with E-state index in [0.29, 0.717) is 5.92 Å². The Kier molecular flexibility index (Phi) is 5.24. The second-order valence-corrected chi connectivity index (χ2v) is 7.74. The van der Waals surface area contributed by atoms with Gasteiger partial charge in [-0.05, 0) is 24.3 Å². The lowest BCUT2D eigenvalue weighted by atomic mass is 9.92. The van der Waals surface area contributed by atoms with Crippen molar-refractivity contribution in [2.75, 3.05) is 25.1 Å². The monoisotopic (exact) mass is 327 g/mol. The van der Waals surface area contributed by atoms with Crippen molar-refractivity contribution in [3.8, 4) is 0 Å². The van der Waals surface area contributed by atoms with Crippen molar-refractivity contribution in [3.05, 3.63) is 47.7 Å². The number of nitrogens with one attached hydrogen (secondary N) is 1. The van der Waals surface area contributed by atoms with Gasteiger partial charge in [0, 0.05) is 31.2 Å². The molecule has 130 valence electrons. The molecule has 24 heavy (non-hydrogen) atoms. The van der Waals surface area contributed by atoms with Crippen molar-refractivity contribution < 1.29 is 4.74 Å². The minimum atomic E-state index is 0.0526. The summed E-state index contributed by atoms with van der Waals surface area (Å²) in [6, 6.07) is 12.7. The van der Waals surface area contributed by atoms with Gasteiger partial charge >= 0.3 is 0 Å². The average Bonchev–Trinajstić information content (AvgIpc) is 2.98. The molecule has 1 aromatic carbocycles. The molecule has 1 aliphatic heterocycles. The fourth-order valence-corrected chi connectivity index (χ4v) is 3.00. The second kappa shape index (κ2) is 7.39. The van der Waals surface area contributed by atoms with E-state index in [4.69, 9.17) is 9.84 Å². The molecule has 4 heteroatoms. The Bertz CT molecular complexity index is 637. The van der Waals surface area contributed by atoms with Crippen molar-refractivity contribution in [3.63, 3.8) is 0 Å². The van der Waals surface area contributed by atoms with Gasteiger partial charge in [-0.25, -0.2) is 4.68 Å². The van der Waals surface area contributed by atoms with Crippen molar-refractivity contribution in [1.29, 1.82) is 0 Å². The van der Waals surface area contributed by atoms with E-state index in [1.54, 1.807) is 0 Å². The summed E-state index contributed by atoms with van der Waals surface area (Å²) in [4.78, 5) is 0. The molecule has 3 rings (SSSR count). The highest BCUT2D eigenvalue weighted by Crippen LogP contribution is 2.25. The summed E-state index contributed by atoms with van der Waals surface area (Å²) in [6.07, 6.45) is 2.29. The van der Waals surface area contributed by atoms with Crippen LogP contribution in [0.25, 0.3) is 0 Å². The van der Waals surface area contributed by atoms with Crippen molar-refractivity contribution >= 4 is 5.82 Å². The van der Waals surface area contributed by atoms with Crippen LogP contribution in [0.2, 0.25) is 0 Å². The fraction of sp³-hybridized carbons (Fsp3) is 0.550. The molecule has 0 spiro atoms. The first-order valence-corrected chi connectivity index (χ1v) is 8.96. The van der Waals surface area contributed by atoms with Crippen molar-refractivity contribution in [1.82, 2.24) is 9.78 Å². The number of aromatic nitrogens is 2. The highest BCUT2D eigenvalue weighted by molar-refractivity contribution is 5.40. The van der Waals surface area contributed by atoms with Crippen molar-refractivity contribution in [2.24, 2.45) is 5.92 Å². The van der Waals surface area contributed by atoms with Gasteiger partial charge in [0.2, 0.25) is 0 Å². The maximum atomic E-state index is 5.46. The minimum absolute atomic E-state index is 0.0526. The van der Waals surface area contributed by atoms with E-state index in [0.717, 1.165) is 50.7 Å². The standard InChI is InChI=1S/C20H29N3O/c1-20(2,3)18-13-19(21-14-16-9-11-24-12-10-16)23(22-18)15-17-7-5-4-6-8-17/h4-8,13,16,21H,9-12,14-15H2,1-3H3. The molecule has 0 saturated carbocycles. The molecule has 0 unspecified atom stereocenters. The Morgan fingerprint density at radius 2 is 1.88 bits per heavy atom. The molecular formula is C20H29N3O. The molecule has 1 saturated heterocycles. The van der Waals surface area contributed by atoms with Gasteiger partial charge in [-0.15, -0.1) is 0 Å². The zero-order valence-electron chi connectivity index (χ0n) is 15.1. The maximum Gasteiger partial charge on any atom is 0.124 e. The summed E-state index contributed by atoms with van der Waals surface area (Å²) in [5, 5.41) is 8.51. The minimum Gasteiger partial charge on any atom is -0.381 e. The molecule has 4 nitrogen and oxygen atoms in total. The highest BCUT2D eigenvalue weighted by Gasteiger charge is 2.21. The van der Waals surface area contributed by atoms with E-state index >= 15 is 0 Å². The third-order valence-electron chi connectivity index (χ3n) is 4.64. The largest absolute Gasteiger partial charge is 0.381 e. The summed E-state index contributed by atoms with van der Waals surface area (Å²) in [7, 11) is 0. The third kappa shape index (κ3) is 4.38. The molecule has 1 aliphatic rings. The Balaban J connectivity index is 1.76. The van der Waals surface area contributed by atoms with Gasteiger partial charge in [-0.3, -0.25) is 0 Å². The van der Waals surface area contributed by atoms with Gasteiger partial charge in [-0.2, -0.15) is 5.10 Å². The molecule has 0 atom stereocenters. The average molecular weight is 327 g/mol. The molecule has 2 aromatic rings. The summed E-state index contributed by atoms with van der Waals surface area (Å²) >= 11 is 0. The van der Waals surface area contributed by atoms with Gasteiger partial charge in [0.1, 0.15) is 5.82 Å². The van der Waals surface area contributed by atoms with E-state index in [-0.39, 0.29) is 5.41 Å². The topological polar surface area (TPSA) is 39.1 Å². The molecule has 0 bridgehead atoms. The quantitative estimate of drug-likeness (QED) is 0.900. The summed E-state index contributed by atoms with van der Waals surface area (Å²) in [6.45, 7) is 10.2. The molecule has 0 radical (unpaired) electrons. The van der Waals surface area contributed by atoms with E-state index in [2.05, 4.69) is 67.2 Å². The molecule has 0 aliphatic carbocycles. The van der Waals surface area contributed by atoms with Crippen LogP contribution in [0, 0.1) is 5.92 Å². The zero-order valence-corrected chi connectivity index (χ0v) is 15.1. The normalized spacial score (nSPS) is 16.3. The van der Waals surface area contributed by atoms with E-state index in [1.165, 1.54) is 5.56 Å². The van der Waals surface area contributed by atoms with Gasteiger partial charge < -0.3 is 10.1 Å². The first kappa shape index (κ1) is 17.0. The first-order valence-electron chi connectivity index (χ1n) is 8.96.